The number of aromatic nitrogens is 1. The van der Waals surface area contributed by atoms with Crippen molar-refractivity contribution >= 4 is 44.7 Å². The number of rotatable bonds is 6. The number of benzene rings is 1. The van der Waals surface area contributed by atoms with E-state index >= 15 is 0 Å². The van der Waals surface area contributed by atoms with Crippen LogP contribution in [0.4, 0.5) is 4.79 Å². The Labute approximate surface area is 315 Å². The molecule has 1 aromatic heterocycles. The standard InChI is InChI=1S/C39H51N5O9S/c1-6-23-20-39(23,35(48)43-54(50,51)38(5)16-17-38)42-32(46)28-19-24-21-44(28)34(47)31(37(2,3)4)41-36(49)53-29-18-22(29)12-8-7-9-14-26-30(45)25-13-10-11-15-27(25)40-33(26)52-24/h6,10-11,13,15,22-24,28-29,31H,1,7-9,12,14,16-21H2,2-5H3,(H,40,45)(H,41,49)(H,42,46)(H,43,48)/t22-,23-,24-,28+,29-,31-,39-/m1/s1. The number of nitrogens with zero attached hydrogens (tertiary/aromatic N) is 2. The molecule has 15 heteroatoms. The summed E-state index contributed by atoms with van der Waals surface area (Å²) < 4.78 is 39.5. The molecule has 292 valence electrons. The molecule has 54 heavy (non-hydrogen) atoms. The fourth-order valence-electron chi connectivity index (χ4n) is 7.84. The highest BCUT2D eigenvalue weighted by molar-refractivity contribution is 7.91. The molecule has 7 atom stereocenters. The average Bonchev–Trinajstić information content (AvgIpc) is 4.06. The second-order valence-corrected chi connectivity index (χ2v) is 19.3. The maximum atomic E-state index is 14.6. The monoisotopic (exact) mass is 765 g/mol. The summed E-state index contributed by atoms with van der Waals surface area (Å²) in [6.07, 6.45) is 5.39. The molecule has 7 rings (SSSR count). The topological polar surface area (TPSA) is 193 Å². The Balaban J connectivity index is 1.22. The van der Waals surface area contributed by atoms with Crippen molar-refractivity contribution < 1.29 is 42.2 Å². The lowest BCUT2D eigenvalue weighted by molar-refractivity contribution is -0.142. The van der Waals surface area contributed by atoms with Gasteiger partial charge in [0.15, 0.2) is 0 Å². The predicted molar refractivity (Wildman–Crippen MR) is 199 cm³/mol. The summed E-state index contributed by atoms with van der Waals surface area (Å²) >= 11 is 0. The van der Waals surface area contributed by atoms with Crippen LogP contribution >= 0.6 is 0 Å². The molecule has 0 spiro atoms. The van der Waals surface area contributed by atoms with Gasteiger partial charge < -0.3 is 30.1 Å². The molecule has 14 nitrogen and oxygen atoms in total. The van der Waals surface area contributed by atoms with E-state index in [0.29, 0.717) is 35.7 Å². The normalized spacial score (nSPS) is 30.9. The summed E-state index contributed by atoms with van der Waals surface area (Å²) in [5.74, 6) is -2.11. The largest absolute Gasteiger partial charge is 0.507 e. The summed E-state index contributed by atoms with van der Waals surface area (Å²) in [5, 5.41) is 17.7. The van der Waals surface area contributed by atoms with Crippen LogP contribution in [-0.4, -0.2) is 88.3 Å². The van der Waals surface area contributed by atoms with Gasteiger partial charge in [-0.15, -0.1) is 6.58 Å². The molecule has 5 aliphatic rings. The highest BCUT2D eigenvalue weighted by Gasteiger charge is 2.63. The number of aromatic hydroxyl groups is 1. The number of fused-ring (bicyclic) bond motifs is 5. The van der Waals surface area contributed by atoms with Crippen molar-refractivity contribution in [3.05, 3.63) is 42.5 Å². The Morgan fingerprint density at radius 3 is 2.54 bits per heavy atom. The van der Waals surface area contributed by atoms with E-state index in [4.69, 9.17) is 14.5 Å². The summed E-state index contributed by atoms with van der Waals surface area (Å²) in [5.41, 5.74) is -1.32. The highest BCUT2D eigenvalue weighted by atomic mass is 32.2. The number of pyridine rings is 1. The number of hydrogen-bond donors (Lipinski definition) is 4. The van der Waals surface area contributed by atoms with Gasteiger partial charge in [0.1, 0.15) is 35.6 Å². The van der Waals surface area contributed by atoms with Crippen LogP contribution in [0.2, 0.25) is 0 Å². The number of carbonyl (C=O) groups excluding carboxylic acids is 4. The minimum atomic E-state index is -4.01. The number of alkyl carbamates (subject to hydrolysis) is 1. The zero-order chi connectivity index (χ0) is 38.8. The lowest BCUT2D eigenvalue weighted by Gasteiger charge is -2.35. The third-order valence-electron chi connectivity index (χ3n) is 11.9. The second-order valence-electron chi connectivity index (χ2n) is 17.1. The molecule has 3 aliphatic carbocycles. The fourth-order valence-corrected chi connectivity index (χ4v) is 9.15. The summed E-state index contributed by atoms with van der Waals surface area (Å²) in [4.78, 5) is 62.0. The van der Waals surface area contributed by atoms with Crippen LogP contribution in [0.25, 0.3) is 10.9 Å². The molecule has 4 N–H and O–H groups in total. The highest BCUT2D eigenvalue weighted by Crippen LogP contribution is 2.47. The summed E-state index contributed by atoms with van der Waals surface area (Å²) in [6, 6.07) is 4.93. The smallest absolute Gasteiger partial charge is 0.408 e. The lowest BCUT2D eigenvalue weighted by Crippen LogP contribution is -2.60. The molecular weight excluding hydrogens is 715 g/mol. The van der Waals surface area contributed by atoms with Gasteiger partial charge in [-0.25, -0.2) is 18.2 Å². The van der Waals surface area contributed by atoms with E-state index in [2.05, 4.69) is 21.9 Å². The average molecular weight is 766 g/mol. The molecule has 1 saturated heterocycles. The van der Waals surface area contributed by atoms with Gasteiger partial charge in [-0.3, -0.25) is 19.1 Å². The molecular formula is C39H51N5O9S. The van der Waals surface area contributed by atoms with Gasteiger partial charge in [0.2, 0.25) is 27.7 Å². The quantitative estimate of drug-likeness (QED) is 0.313. The van der Waals surface area contributed by atoms with Gasteiger partial charge in [-0.2, -0.15) is 0 Å². The first kappa shape index (κ1) is 37.9. The Kier molecular flexibility index (Phi) is 9.63. The first-order valence-electron chi connectivity index (χ1n) is 19.0. The van der Waals surface area contributed by atoms with Crippen molar-refractivity contribution in [2.24, 2.45) is 17.3 Å². The first-order chi connectivity index (χ1) is 25.5. The number of nitrogens with one attached hydrogen (secondary N) is 3. The molecule has 4 amide bonds. The van der Waals surface area contributed by atoms with Gasteiger partial charge in [-0.1, -0.05) is 51.8 Å². The molecule has 3 saturated carbocycles. The van der Waals surface area contributed by atoms with Crippen molar-refractivity contribution in [2.45, 2.75) is 126 Å². The van der Waals surface area contributed by atoms with E-state index in [0.717, 1.165) is 32.1 Å². The van der Waals surface area contributed by atoms with Crippen molar-refractivity contribution in [3.63, 3.8) is 0 Å². The zero-order valence-electron chi connectivity index (χ0n) is 31.4. The molecule has 0 radical (unpaired) electrons. The SMILES string of the molecule is C=C[C@@H]1C[C@]1(NC(=O)[C@@H]1C[C@@H]2CN1C(=O)[C@H](C(C)(C)C)NC(=O)O[C@@H]1C[C@H]1CCCCCc1c(nc3ccccc3c1O)O2)C(=O)NS(=O)(=O)C1(C)CC1. The number of sulfonamides is 1. The van der Waals surface area contributed by atoms with E-state index in [-0.39, 0.29) is 43.0 Å². The van der Waals surface area contributed by atoms with Crippen LogP contribution in [0.5, 0.6) is 11.6 Å². The fraction of sp³-hybridized carbons (Fsp3) is 0.615. The number of hydrogen-bond acceptors (Lipinski definition) is 10. The Bertz CT molecular complexity index is 1990. The Morgan fingerprint density at radius 2 is 1.85 bits per heavy atom. The number of carbonyl (C=O) groups is 4. The molecule has 1 aromatic carbocycles. The first-order valence-corrected chi connectivity index (χ1v) is 20.5. The molecule has 2 aromatic rings. The molecule has 0 unspecified atom stereocenters. The Morgan fingerprint density at radius 1 is 1.11 bits per heavy atom. The lowest BCUT2D eigenvalue weighted by atomic mass is 9.85. The number of amides is 4. The van der Waals surface area contributed by atoms with Crippen LogP contribution in [0.1, 0.15) is 91.0 Å². The van der Waals surface area contributed by atoms with Gasteiger partial charge >= 0.3 is 6.09 Å². The van der Waals surface area contributed by atoms with Crippen LogP contribution in [0.3, 0.4) is 0 Å². The summed E-state index contributed by atoms with van der Waals surface area (Å²) in [6.45, 7) is 10.7. The number of para-hydroxylation sites is 1. The third kappa shape index (κ3) is 7.23. The van der Waals surface area contributed by atoms with Crippen molar-refractivity contribution in [3.8, 4) is 11.6 Å². The number of ether oxygens (including phenoxy) is 2. The van der Waals surface area contributed by atoms with E-state index in [1.165, 1.54) is 11.0 Å². The van der Waals surface area contributed by atoms with E-state index in [1.807, 2.05) is 12.1 Å². The molecule has 4 fully saturated rings. The van der Waals surface area contributed by atoms with Crippen LogP contribution in [0, 0.1) is 17.3 Å². The van der Waals surface area contributed by atoms with Gasteiger partial charge in [0.25, 0.3) is 5.91 Å². The summed E-state index contributed by atoms with van der Waals surface area (Å²) in [7, 11) is -4.01. The maximum absolute atomic E-state index is 14.6. The molecule has 2 aliphatic heterocycles. The van der Waals surface area contributed by atoms with Crippen LogP contribution in [-0.2, 0) is 35.6 Å². The van der Waals surface area contributed by atoms with E-state index in [1.54, 1.807) is 39.8 Å². The minimum Gasteiger partial charge on any atom is -0.507 e. The van der Waals surface area contributed by atoms with Gasteiger partial charge in [0, 0.05) is 17.7 Å². The minimum absolute atomic E-state index is 0.00975. The van der Waals surface area contributed by atoms with Crippen molar-refractivity contribution in [1.82, 2.24) is 25.2 Å². The van der Waals surface area contributed by atoms with E-state index in [9.17, 15) is 32.7 Å². The third-order valence-corrected chi connectivity index (χ3v) is 14.1. The maximum Gasteiger partial charge on any atom is 0.408 e. The molecule has 2 bridgehead atoms. The van der Waals surface area contributed by atoms with E-state index < -0.39 is 73.6 Å². The predicted octanol–water partition coefficient (Wildman–Crippen LogP) is 3.99. The zero-order valence-corrected chi connectivity index (χ0v) is 32.2. The van der Waals surface area contributed by atoms with Gasteiger partial charge in [0.05, 0.1) is 22.4 Å². The molecule has 3 heterocycles. The van der Waals surface area contributed by atoms with Gasteiger partial charge in [-0.05, 0) is 75.3 Å². The van der Waals surface area contributed by atoms with Crippen molar-refractivity contribution in [2.75, 3.05) is 6.54 Å². The second kappa shape index (κ2) is 13.7. The van der Waals surface area contributed by atoms with Crippen molar-refractivity contribution in [1.29, 1.82) is 0 Å². The van der Waals surface area contributed by atoms with Crippen LogP contribution in [0.15, 0.2) is 36.9 Å². The van der Waals surface area contributed by atoms with Crippen LogP contribution < -0.4 is 20.1 Å². The Hall–Kier alpha value is -4.40.